The van der Waals surface area contributed by atoms with Crippen LogP contribution in [0.1, 0.15) is 38.8 Å². The van der Waals surface area contributed by atoms with Crippen LogP contribution in [0.25, 0.3) is 0 Å². The maximum Gasteiger partial charge on any atom is 0.227 e. The molecule has 0 saturated carbocycles. The monoisotopic (exact) mass is 263 g/mol. The Morgan fingerprint density at radius 1 is 1.32 bits per heavy atom. The molecule has 0 fully saturated rings. The summed E-state index contributed by atoms with van der Waals surface area (Å²) >= 11 is 0. The zero-order chi connectivity index (χ0) is 14.4. The third-order valence-electron chi connectivity index (χ3n) is 3.51. The molecular formula is C15H25N3O. The van der Waals surface area contributed by atoms with Crippen molar-refractivity contribution in [1.29, 1.82) is 0 Å². The number of carbonyl (C=O) groups excluding carboxylic acids is 1. The SMILES string of the molecule is CC(C)CC(CN)C(=O)N(C)C(C)c1ccncc1. The second-order valence-electron chi connectivity index (χ2n) is 5.47. The summed E-state index contributed by atoms with van der Waals surface area (Å²) in [6.07, 6.45) is 4.33. The topological polar surface area (TPSA) is 59.2 Å². The Morgan fingerprint density at radius 2 is 1.89 bits per heavy atom. The number of nitrogens with zero attached hydrogens (tertiary/aromatic N) is 2. The van der Waals surface area contributed by atoms with E-state index in [4.69, 9.17) is 5.73 Å². The molecule has 0 aliphatic heterocycles. The first-order chi connectivity index (χ1) is 8.97. The van der Waals surface area contributed by atoms with Gasteiger partial charge in [0.1, 0.15) is 0 Å². The van der Waals surface area contributed by atoms with Crippen LogP contribution in [0.2, 0.25) is 0 Å². The lowest BCUT2D eigenvalue weighted by Gasteiger charge is -2.29. The van der Waals surface area contributed by atoms with E-state index >= 15 is 0 Å². The van der Waals surface area contributed by atoms with Crippen molar-refractivity contribution in [1.82, 2.24) is 9.88 Å². The second-order valence-corrected chi connectivity index (χ2v) is 5.47. The zero-order valence-electron chi connectivity index (χ0n) is 12.3. The van der Waals surface area contributed by atoms with E-state index < -0.39 is 0 Å². The molecule has 4 heteroatoms. The highest BCUT2D eigenvalue weighted by molar-refractivity contribution is 5.79. The van der Waals surface area contributed by atoms with Gasteiger partial charge in [0.2, 0.25) is 5.91 Å². The first-order valence-electron chi connectivity index (χ1n) is 6.84. The van der Waals surface area contributed by atoms with Crippen LogP contribution in [0.3, 0.4) is 0 Å². The lowest BCUT2D eigenvalue weighted by molar-refractivity contribution is -0.136. The number of carbonyl (C=O) groups is 1. The molecule has 0 aromatic carbocycles. The van der Waals surface area contributed by atoms with Gasteiger partial charge in [-0.15, -0.1) is 0 Å². The zero-order valence-corrected chi connectivity index (χ0v) is 12.3. The van der Waals surface area contributed by atoms with Crippen molar-refractivity contribution in [2.75, 3.05) is 13.6 Å². The van der Waals surface area contributed by atoms with Gasteiger partial charge in [-0.3, -0.25) is 9.78 Å². The molecule has 1 aromatic heterocycles. The van der Waals surface area contributed by atoms with E-state index in [1.54, 1.807) is 17.3 Å². The van der Waals surface area contributed by atoms with Crippen molar-refractivity contribution in [2.24, 2.45) is 17.6 Å². The van der Waals surface area contributed by atoms with E-state index in [2.05, 4.69) is 18.8 Å². The Hall–Kier alpha value is -1.42. The highest BCUT2D eigenvalue weighted by Gasteiger charge is 2.25. The molecule has 2 atom stereocenters. The number of nitrogens with two attached hydrogens (primary N) is 1. The third-order valence-corrected chi connectivity index (χ3v) is 3.51. The molecule has 0 bridgehead atoms. The van der Waals surface area contributed by atoms with Crippen LogP contribution in [-0.4, -0.2) is 29.4 Å². The standard InChI is InChI=1S/C15H25N3O/c1-11(2)9-14(10-16)15(19)18(4)12(3)13-5-7-17-8-6-13/h5-8,11-12,14H,9-10,16H2,1-4H3. The Bertz CT molecular complexity index is 392. The fourth-order valence-electron chi connectivity index (χ4n) is 2.21. The molecule has 1 aromatic rings. The molecule has 0 spiro atoms. The van der Waals surface area contributed by atoms with Gasteiger partial charge in [0.25, 0.3) is 0 Å². The molecule has 1 amide bonds. The van der Waals surface area contributed by atoms with Crippen LogP contribution >= 0.6 is 0 Å². The Labute approximate surface area is 116 Å². The van der Waals surface area contributed by atoms with Gasteiger partial charge in [-0.2, -0.15) is 0 Å². The molecule has 1 heterocycles. The van der Waals surface area contributed by atoms with Crippen LogP contribution in [-0.2, 0) is 4.79 Å². The van der Waals surface area contributed by atoms with Crippen LogP contribution in [0.5, 0.6) is 0 Å². The molecule has 0 saturated heterocycles. The van der Waals surface area contributed by atoms with E-state index in [-0.39, 0.29) is 17.9 Å². The van der Waals surface area contributed by atoms with Crippen LogP contribution in [0.15, 0.2) is 24.5 Å². The van der Waals surface area contributed by atoms with E-state index in [1.807, 2.05) is 26.1 Å². The minimum absolute atomic E-state index is 0.0386. The van der Waals surface area contributed by atoms with Crippen molar-refractivity contribution in [3.05, 3.63) is 30.1 Å². The minimum Gasteiger partial charge on any atom is -0.339 e. The summed E-state index contributed by atoms with van der Waals surface area (Å²) in [5.74, 6) is 0.511. The number of rotatable bonds is 6. The lowest BCUT2D eigenvalue weighted by Crippen LogP contribution is -2.38. The van der Waals surface area contributed by atoms with E-state index in [9.17, 15) is 4.79 Å². The molecule has 106 valence electrons. The van der Waals surface area contributed by atoms with Gasteiger partial charge in [0.15, 0.2) is 0 Å². The maximum atomic E-state index is 12.5. The summed E-state index contributed by atoms with van der Waals surface area (Å²) < 4.78 is 0. The largest absolute Gasteiger partial charge is 0.339 e. The first-order valence-corrected chi connectivity index (χ1v) is 6.84. The molecule has 2 N–H and O–H groups in total. The van der Waals surface area contributed by atoms with Crippen molar-refractivity contribution < 1.29 is 4.79 Å². The predicted molar refractivity (Wildman–Crippen MR) is 77.4 cm³/mol. The van der Waals surface area contributed by atoms with E-state index in [1.165, 1.54) is 0 Å². The Morgan fingerprint density at radius 3 is 2.37 bits per heavy atom. The summed E-state index contributed by atoms with van der Waals surface area (Å²) in [5.41, 5.74) is 6.83. The smallest absolute Gasteiger partial charge is 0.227 e. The summed E-state index contributed by atoms with van der Waals surface area (Å²) in [4.78, 5) is 18.2. The van der Waals surface area contributed by atoms with Crippen molar-refractivity contribution in [3.8, 4) is 0 Å². The normalized spacial score (nSPS) is 14.2. The van der Waals surface area contributed by atoms with Gasteiger partial charge in [-0.25, -0.2) is 0 Å². The van der Waals surface area contributed by atoms with Gasteiger partial charge in [-0.1, -0.05) is 13.8 Å². The number of hydrogen-bond donors (Lipinski definition) is 1. The van der Waals surface area contributed by atoms with Crippen molar-refractivity contribution in [3.63, 3.8) is 0 Å². The number of pyridine rings is 1. The highest BCUT2D eigenvalue weighted by atomic mass is 16.2. The summed E-state index contributed by atoms with van der Waals surface area (Å²) in [5, 5.41) is 0. The first kappa shape index (κ1) is 15.6. The van der Waals surface area contributed by atoms with E-state index in [0.29, 0.717) is 12.5 Å². The maximum absolute atomic E-state index is 12.5. The molecule has 0 radical (unpaired) electrons. The van der Waals surface area contributed by atoms with Gasteiger partial charge in [0, 0.05) is 26.0 Å². The Balaban J connectivity index is 2.75. The van der Waals surface area contributed by atoms with E-state index in [0.717, 1.165) is 12.0 Å². The average Bonchev–Trinajstić information content (AvgIpc) is 2.43. The molecule has 19 heavy (non-hydrogen) atoms. The fourth-order valence-corrected chi connectivity index (χ4v) is 2.21. The predicted octanol–water partition coefficient (Wildman–Crippen LogP) is 2.22. The number of aromatic nitrogens is 1. The fraction of sp³-hybridized carbons (Fsp3) is 0.600. The lowest BCUT2D eigenvalue weighted by atomic mass is 9.95. The van der Waals surface area contributed by atoms with Crippen molar-refractivity contribution in [2.45, 2.75) is 33.2 Å². The molecule has 0 aliphatic rings. The average molecular weight is 263 g/mol. The third kappa shape index (κ3) is 4.31. The van der Waals surface area contributed by atoms with Crippen LogP contribution < -0.4 is 5.73 Å². The van der Waals surface area contributed by atoms with Crippen LogP contribution in [0.4, 0.5) is 0 Å². The highest BCUT2D eigenvalue weighted by Crippen LogP contribution is 2.21. The number of amides is 1. The molecule has 4 nitrogen and oxygen atoms in total. The molecule has 2 unspecified atom stereocenters. The van der Waals surface area contributed by atoms with Gasteiger partial charge in [-0.05, 0) is 37.0 Å². The van der Waals surface area contributed by atoms with Crippen LogP contribution in [0, 0.1) is 11.8 Å². The Kier molecular flexibility index (Phi) is 5.96. The molecule has 0 aliphatic carbocycles. The minimum atomic E-state index is -0.0886. The number of hydrogen-bond acceptors (Lipinski definition) is 3. The quantitative estimate of drug-likeness (QED) is 0.856. The molecular weight excluding hydrogens is 238 g/mol. The summed E-state index contributed by atoms with van der Waals surface area (Å²) in [6.45, 7) is 6.66. The molecule has 1 rings (SSSR count). The van der Waals surface area contributed by atoms with Crippen molar-refractivity contribution >= 4 is 5.91 Å². The van der Waals surface area contributed by atoms with Gasteiger partial charge in [0.05, 0.1) is 12.0 Å². The van der Waals surface area contributed by atoms with Gasteiger partial charge < -0.3 is 10.6 Å². The summed E-state index contributed by atoms with van der Waals surface area (Å²) in [6, 6.07) is 3.92. The summed E-state index contributed by atoms with van der Waals surface area (Å²) in [7, 11) is 1.84. The second kappa shape index (κ2) is 7.24. The van der Waals surface area contributed by atoms with Gasteiger partial charge >= 0.3 is 0 Å².